The number of para-hydroxylation sites is 2. The summed E-state index contributed by atoms with van der Waals surface area (Å²) in [4.78, 5) is 1.34. The van der Waals surface area contributed by atoms with Crippen LogP contribution < -0.4 is 14.8 Å². The molecule has 1 aliphatic heterocycles. The molecule has 1 N–H and O–H groups in total. The van der Waals surface area contributed by atoms with Gasteiger partial charge in [-0.2, -0.15) is 0 Å². The van der Waals surface area contributed by atoms with E-state index >= 15 is 0 Å². The van der Waals surface area contributed by atoms with Gasteiger partial charge in [-0.3, -0.25) is 0 Å². The average Bonchev–Trinajstić information content (AvgIpc) is 2.94. The van der Waals surface area contributed by atoms with Gasteiger partial charge in [0.05, 0.1) is 6.04 Å². The van der Waals surface area contributed by atoms with Crippen LogP contribution in [0.2, 0.25) is 0 Å². The lowest BCUT2D eigenvalue weighted by Gasteiger charge is -2.33. The number of thiophene rings is 1. The van der Waals surface area contributed by atoms with Crippen molar-refractivity contribution in [1.29, 1.82) is 0 Å². The number of rotatable bonds is 5. The van der Waals surface area contributed by atoms with Crippen molar-refractivity contribution >= 4 is 11.3 Å². The average molecular weight is 303 g/mol. The number of nitrogens with one attached hydrogen (secondary N) is 1. The van der Waals surface area contributed by atoms with Gasteiger partial charge in [-0.25, -0.2) is 0 Å². The molecule has 1 aromatic heterocycles. The lowest BCUT2D eigenvalue weighted by Crippen LogP contribution is -2.42. The Morgan fingerprint density at radius 3 is 2.81 bits per heavy atom. The zero-order chi connectivity index (χ0) is 14.7. The summed E-state index contributed by atoms with van der Waals surface area (Å²) < 4.78 is 12.1. The van der Waals surface area contributed by atoms with E-state index in [0.717, 1.165) is 24.5 Å². The van der Waals surface area contributed by atoms with E-state index in [9.17, 15) is 0 Å². The minimum atomic E-state index is -0.000231. The van der Waals surface area contributed by atoms with Crippen LogP contribution in [0.5, 0.6) is 11.5 Å². The van der Waals surface area contributed by atoms with Gasteiger partial charge in [-0.15, -0.1) is 11.3 Å². The van der Waals surface area contributed by atoms with Gasteiger partial charge in [0.25, 0.3) is 0 Å². The van der Waals surface area contributed by atoms with Crippen LogP contribution in [0.25, 0.3) is 0 Å². The van der Waals surface area contributed by atoms with E-state index < -0.39 is 0 Å². The fourth-order valence-corrected chi connectivity index (χ4v) is 3.41. The van der Waals surface area contributed by atoms with E-state index in [1.165, 1.54) is 10.4 Å². The molecule has 3 rings (SSSR count). The molecule has 0 spiro atoms. The Balaban J connectivity index is 1.83. The molecule has 1 aromatic carbocycles. The number of hydrogen-bond donors (Lipinski definition) is 1. The Bertz CT molecular complexity index is 596. The standard InChI is InChI=1S/C17H21NO2S/c1-3-9-18-17(13-8-10-21-12(13)2)16-11-19-14-6-4-5-7-15(14)20-16/h4-8,10,16-18H,3,9,11H2,1-2H3. The molecule has 0 saturated heterocycles. The van der Waals surface area contributed by atoms with Crippen molar-refractivity contribution in [3.05, 3.63) is 46.2 Å². The van der Waals surface area contributed by atoms with Crippen molar-refractivity contribution in [2.45, 2.75) is 32.4 Å². The van der Waals surface area contributed by atoms with Crippen molar-refractivity contribution in [3.63, 3.8) is 0 Å². The molecule has 1 aliphatic rings. The van der Waals surface area contributed by atoms with Gasteiger partial charge in [0.1, 0.15) is 6.61 Å². The monoisotopic (exact) mass is 303 g/mol. The maximum Gasteiger partial charge on any atom is 0.161 e. The minimum absolute atomic E-state index is 0.000231. The second-order valence-electron chi connectivity index (χ2n) is 5.28. The Morgan fingerprint density at radius 1 is 1.29 bits per heavy atom. The maximum absolute atomic E-state index is 6.19. The second-order valence-corrected chi connectivity index (χ2v) is 6.40. The first-order valence-corrected chi connectivity index (χ1v) is 8.33. The molecule has 21 heavy (non-hydrogen) atoms. The van der Waals surface area contributed by atoms with Crippen molar-refractivity contribution < 1.29 is 9.47 Å². The van der Waals surface area contributed by atoms with Crippen LogP contribution in [-0.2, 0) is 0 Å². The molecule has 2 atom stereocenters. The van der Waals surface area contributed by atoms with Gasteiger partial charge in [0, 0.05) is 4.88 Å². The summed E-state index contributed by atoms with van der Waals surface area (Å²) in [5.41, 5.74) is 1.32. The van der Waals surface area contributed by atoms with Gasteiger partial charge in [0.2, 0.25) is 0 Å². The van der Waals surface area contributed by atoms with Gasteiger partial charge in [0.15, 0.2) is 17.6 Å². The zero-order valence-corrected chi connectivity index (χ0v) is 13.3. The number of fused-ring (bicyclic) bond motifs is 1. The first-order valence-electron chi connectivity index (χ1n) is 7.45. The van der Waals surface area contributed by atoms with E-state index in [2.05, 4.69) is 30.6 Å². The molecule has 0 bridgehead atoms. The highest BCUT2D eigenvalue weighted by Crippen LogP contribution is 2.35. The molecular weight excluding hydrogens is 282 g/mol. The van der Waals surface area contributed by atoms with Crippen molar-refractivity contribution in [2.75, 3.05) is 13.2 Å². The lowest BCUT2D eigenvalue weighted by molar-refractivity contribution is 0.0616. The summed E-state index contributed by atoms with van der Waals surface area (Å²) in [6.45, 7) is 5.89. The van der Waals surface area contributed by atoms with Crippen LogP contribution in [0, 0.1) is 6.92 Å². The molecule has 0 aliphatic carbocycles. The third-order valence-electron chi connectivity index (χ3n) is 3.75. The predicted octanol–water partition coefficient (Wildman–Crippen LogP) is 3.94. The molecule has 112 valence electrons. The van der Waals surface area contributed by atoms with E-state index in [1.807, 2.05) is 24.3 Å². The summed E-state index contributed by atoms with van der Waals surface area (Å²) in [6.07, 6.45) is 1.10. The Morgan fingerprint density at radius 2 is 2.10 bits per heavy atom. The van der Waals surface area contributed by atoms with Crippen LogP contribution >= 0.6 is 11.3 Å². The van der Waals surface area contributed by atoms with Gasteiger partial charge >= 0.3 is 0 Å². The lowest BCUT2D eigenvalue weighted by atomic mass is 10.0. The first-order chi connectivity index (χ1) is 10.3. The number of ether oxygens (including phenoxy) is 2. The number of benzene rings is 1. The van der Waals surface area contributed by atoms with E-state index in [0.29, 0.717) is 6.61 Å². The highest BCUT2D eigenvalue weighted by molar-refractivity contribution is 7.10. The Kier molecular flexibility index (Phi) is 4.46. The summed E-state index contributed by atoms with van der Waals surface area (Å²) in [5.74, 6) is 1.68. The summed E-state index contributed by atoms with van der Waals surface area (Å²) >= 11 is 1.78. The normalized spacial score (nSPS) is 18.5. The van der Waals surface area contributed by atoms with Crippen LogP contribution in [0.1, 0.15) is 29.8 Å². The molecule has 2 heterocycles. The topological polar surface area (TPSA) is 30.5 Å². The molecule has 0 radical (unpaired) electrons. The van der Waals surface area contributed by atoms with Gasteiger partial charge in [-0.1, -0.05) is 19.1 Å². The molecular formula is C17H21NO2S. The molecule has 0 amide bonds. The van der Waals surface area contributed by atoms with Crippen molar-refractivity contribution in [3.8, 4) is 11.5 Å². The largest absolute Gasteiger partial charge is 0.486 e. The molecule has 0 saturated carbocycles. The van der Waals surface area contributed by atoms with Crippen LogP contribution in [0.15, 0.2) is 35.7 Å². The van der Waals surface area contributed by atoms with E-state index in [-0.39, 0.29) is 12.1 Å². The third kappa shape index (κ3) is 3.06. The molecule has 4 heteroatoms. The molecule has 2 unspecified atom stereocenters. The molecule has 0 fully saturated rings. The van der Waals surface area contributed by atoms with E-state index in [1.54, 1.807) is 11.3 Å². The predicted molar refractivity (Wildman–Crippen MR) is 86.4 cm³/mol. The molecule has 3 nitrogen and oxygen atoms in total. The summed E-state index contributed by atoms with van der Waals surface area (Å²) in [7, 11) is 0. The maximum atomic E-state index is 6.19. The summed E-state index contributed by atoms with van der Waals surface area (Å²) in [6, 6.07) is 10.2. The first kappa shape index (κ1) is 14.4. The van der Waals surface area contributed by atoms with Crippen LogP contribution in [-0.4, -0.2) is 19.3 Å². The second kappa shape index (κ2) is 6.50. The Hall–Kier alpha value is -1.52. The van der Waals surface area contributed by atoms with Crippen molar-refractivity contribution in [1.82, 2.24) is 5.32 Å². The van der Waals surface area contributed by atoms with Gasteiger partial charge < -0.3 is 14.8 Å². The SMILES string of the molecule is CCCNC(c1ccsc1C)C1COc2ccccc2O1. The summed E-state index contributed by atoms with van der Waals surface area (Å²) in [5, 5.41) is 5.76. The smallest absolute Gasteiger partial charge is 0.161 e. The molecule has 2 aromatic rings. The number of hydrogen-bond acceptors (Lipinski definition) is 4. The zero-order valence-electron chi connectivity index (χ0n) is 12.5. The highest BCUT2D eigenvalue weighted by Gasteiger charge is 2.30. The van der Waals surface area contributed by atoms with Gasteiger partial charge in [-0.05, 0) is 49.0 Å². The third-order valence-corrected chi connectivity index (χ3v) is 4.61. The highest BCUT2D eigenvalue weighted by atomic mass is 32.1. The Labute approximate surface area is 129 Å². The minimum Gasteiger partial charge on any atom is -0.486 e. The van der Waals surface area contributed by atoms with Crippen LogP contribution in [0.3, 0.4) is 0 Å². The fraction of sp³-hybridized carbons (Fsp3) is 0.412. The fourth-order valence-electron chi connectivity index (χ4n) is 2.66. The van der Waals surface area contributed by atoms with Crippen LogP contribution in [0.4, 0.5) is 0 Å². The van der Waals surface area contributed by atoms with E-state index in [4.69, 9.17) is 9.47 Å². The van der Waals surface area contributed by atoms with Crippen molar-refractivity contribution in [2.24, 2.45) is 0 Å². The quantitative estimate of drug-likeness (QED) is 0.907. The number of aryl methyl sites for hydroxylation is 1.